The predicted molar refractivity (Wildman–Crippen MR) is 87.2 cm³/mol. The number of hydrogen-bond acceptors (Lipinski definition) is 4. The Hall–Kier alpha value is -0.430. The lowest BCUT2D eigenvalue weighted by Crippen LogP contribution is -2.24. The molecule has 0 aliphatic carbocycles. The summed E-state index contributed by atoms with van der Waals surface area (Å²) in [6.07, 6.45) is 3.91. The van der Waals surface area contributed by atoms with Crippen LogP contribution in [0.25, 0.3) is 0 Å². The van der Waals surface area contributed by atoms with E-state index in [2.05, 4.69) is 21.2 Å². The maximum absolute atomic E-state index is 12.2. The minimum Gasteiger partial charge on any atom is -0.396 e. The molecule has 21 heavy (non-hydrogen) atoms. The van der Waals surface area contributed by atoms with E-state index in [4.69, 9.17) is 5.11 Å². The van der Waals surface area contributed by atoms with Crippen molar-refractivity contribution in [3.05, 3.63) is 27.7 Å². The lowest BCUT2D eigenvalue weighted by Gasteiger charge is -2.15. The third-order valence-corrected chi connectivity index (χ3v) is 6.61. The van der Waals surface area contributed by atoms with E-state index in [1.165, 1.54) is 0 Å². The molecule has 1 aliphatic rings. The van der Waals surface area contributed by atoms with Crippen molar-refractivity contribution in [1.82, 2.24) is 5.32 Å². The van der Waals surface area contributed by atoms with E-state index in [0.29, 0.717) is 4.90 Å². The minimum absolute atomic E-state index is 0.111. The molecular formula is C15H22BrNO3S. The Balaban J connectivity index is 2.03. The minimum atomic E-state index is -3.16. The molecule has 1 aliphatic heterocycles. The van der Waals surface area contributed by atoms with E-state index in [0.717, 1.165) is 47.8 Å². The molecule has 0 saturated carbocycles. The second kappa shape index (κ2) is 7.22. The number of aliphatic hydroxyl groups is 1. The van der Waals surface area contributed by atoms with Crippen LogP contribution in [0.3, 0.4) is 0 Å². The van der Waals surface area contributed by atoms with Gasteiger partial charge in [-0.25, -0.2) is 8.42 Å². The van der Waals surface area contributed by atoms with Gasteiger partial charge in [-0.2, -0.15) is 0 Å². The summed E-state index contributed by atoms with van der Waals surface area (Å²) < 4.78 is 25.4. The van der Waals surface area contributed by atoms with Crippen molar-refractivity contribution < 1.29 is 13.5 Å². The Morgan fingerprint density at radius 3 is 2.71 bits per heavy atom. The van der Waals surface area contributed by atoms with Crippen LogP contribution in [-0.2, 0) is 9.84 Å². The SMILES string of the molecule is Cc1c(Br)ccc2c1C(NCCCCCCO)CS2(=O)=O. The van der Waals surface area contributed by atoms with Gasteiger partial charge in [-0.15, -0.1) is 0 Å². The number of sulfone groups is 1. The smallest absolute Gasteiger partial charge is 0.180 e. The van der Waals surface area contributed by atoms with Crippen molar-refractivity contribution in [2.45, 2.75) is 43.5 Å². The third kappa shape index (κ3) is 3.86. The van der Waals surface area contributed by atoms with Crippen molar-refractivity contribution in [3.63, 3.8) is 0 Å². The van der Waals surface area contributed by atoms with Gasteiger partial charge in [0.15, 0.2) is 9.84 Å². The van der Waals surface area contributed by atoms with Crippen LogP contribution >= 0.6 is 15.9 Å². The van der Waals surface area contributed by atoms with E-state index in [-0.39, 0.29) is 18.4 Å². The van der Waals surface area contributed by atoms with Gasteiger partial charge in [0, 0.05) is 17.1 Å². The number of nitrogens with one attached hydrogen (secondary N) is 1. The number of halogens is 1. The lowest BCUT2D eigenvalue weighted by atomic mass is 10.0. The van der Waals surface area contributed by atoms with Gasteiger partial charge in [0.2, 0.25) is 0 Å². The van der Waals surface area contributed by atoms with Crippen molar-refractivity contribution in [1.29, 1.82) is 0 Å². The largest absolute Gasteiger partial charge is 0.396 e. The normalized spacial score (nSPS) is 19.7. The Labute approximate surface area is 135 Å². The summed E-state index contributed by atoms with van der Waals surface area (Å²) in [5.41, 5.74) is 1.92. The highest BCUT2D eigenvalue weighted by Crippen LogP contribution is 2.38. The van der Waals surface area contributed by atoms with Crippen LogP contribution in [-0.4, -0.2) is 32.4 Å². The fraction of sp³-hybridized carbons (Fsp3) is 0.600. The van der Waals surface area contributed by atoms with Gasteiger partial charge >= 0.3 is 0 Å². The van der Waals surface area contributed by atoms with E-state index >= 15 is 0 Å². The molecule has 6 heteroatoms. The quantitative estimate of drug-likeness (QED) is 0.719. The number of benzene rings is 1. The van der Waals surface area contributed by atoms with Gasteiger partial charge in [-0.1, -0.05) is 28.8 Å². The molecule has 118 valence electrons. The summed E-state index contributed by atoms with van der Waals surface area (Å²) in [6, 6.07) is 3.40. The Kier molecular flexibility index (Phi) is 5.82. The molecule has 0 spiro atoms. The molecule has 2 N–H and O–H groups in total. The summed E-state index contributed by atoms with van der Waals surface area (Å²) in [5.74, 6) is 0.149. The average Bonchev–Trinajstić information content (AvgIpc) is 2.69. The predicted octanol–water partition coefficient (Wildman–Crippen LogP) is 2.73. The topological polar surface area (TPSA) is 66.4 Å². The Morgan fingerprint density at radius 2 is 2.00 bits per heavy atom. The zero-order valence-electron chi connectivity index (χ0n) is 12.2. The zero-order valence-corrected chi connectivity index (χ0v) is 14.6. The van der Waals surface area contributed by atoms with Gasteiger partial charge in [-0.05, 0) is 49.6 Å². The first kappa shape index (κ1) is 16.9. The van der Waals surface area contributed by atoms with Crippen LogP contribution in [0.1, 0.15) is 42.9 Å². The number of hydrogen-bond donors (Lipinski definition) is 2. The highest BCUT2D eigenvalue weighted by atomic mass is 79.9. The molecule has 2 rings (SSSR count). The van der Waals surface area contributed by atoms with Gasteiger partial charge in [0.1, 0.15) is 0 Å². The van der Waals surface area contributed by atoms with Crippen LogP contribution < -0.4 is 5.32 Å². The van der Waals surface area contributed by atoms with E-state index in [1.54, 1.807) is 6.07 Å². The van der Waals surface area contributed by atoms with Crippen molar-refractivity contribution in [2.24, 2.45) is 0 Å². The highest BCUT2D eigenvalue weighted by Gasteiger charge is 2.35. The van der Waals surface area contributed by atoms with Gasteiger partial charge in [0.05, 0.1) is 10.6 Å². The van der Waals surface area contributed by atoms with Gasteiger partial charge in [0.25, 0.3) is 0 Å². The highest BCUT2D eigenvalue weighted by molar-refractivity contribution is 9.10. The summed E-state index contributed by atoms with van der Waals surface area (Å²) in [6.45, 7) is 3.01. The first-order valence-corrected chi connectivity index (χ1v) is 9.78. The summed E-state index contributed by atoms with van der Waals surface area (Å²) in [4.78, 5) is 0.473. The first-order valence-electron chi connectivity index (χ1n) is 7.33. The second-order valence-corrected chi connectivity index (χ2v) is 8.37. The van der Waals surface area contributed by atoms with E-state index in [9.17, 15) is 8.42 Å². The Morgan fingerprint density at radius 1 is 1.29 bits per heavy atom. The molecule has 0 saturated heterocycles. The second-order valence-electron chi connectivity index (χ2n) is 5.51. The third-order valence-electron chi connectivity index (χ3n) is 3.95. The standard InChI is InChI=1S/C15H22BrNO3S/c1-11-12(16)6-7-14-15(11)13(10-21(14,19)20)17-8-4-2-3-5-9-18/h6-7,13,17-18H,2-5,8-10H2,1H3. The van der Waals surface area contributed by atoms with Crippen LogP contribution in [0.4, 0.5) is 0 Å². The van der Waals surface area contributed by atoms with E-state index in [1.807, 2.05) is 13.0 Å². The van der Waals surface area contributed by atoms with Gasteiger partial charge < -0.3 is 10.4 Å². The van der Waals surface area contributed by atoms with Crippen LogP contribution in [0, 0.1) is 6.92 Å². The number of rotatable bonds is 7. The van der Waals surface area contributed by atoms with Crippen molar-refractivity contribution in [2.75, 3.05) is 18.9 Å². The number of fused-ring (bicyclic) bond motifs is 1. The molecule has 0 radical (unpaired) electrons. The summed E-state index contributed by atoms with van der Waals surface area (Å²) in [7, 11) is -3.16. The number of unbranched alkanes of at least 4 members (excludes halogenated alkanes) is 3. The molecule has 1 aromatic rings. The van der Waals surface area contributed by atoms with Crippen molar-refractivity contribution in [3.8, 4) is 0 Å². The van der Waals surface area contributed by atoms with E-state index < -0.39 is 9.84 Å². The molecule has 1 unspecified atom stereocenters. The molecule has 0 bridgehead atoms. The lowest BCUT2D eigenvalue weighted by molar-refractivity contribution is 0.282. The molecule has 0 aromatic heterocycles. The summed E-state index contributed by atoms with van der Waals surface area (Å²) >= 11 is 3.48. The fourth-order valence-electron chi connectivity index (χ4n) is 2.80. The molecule has 1 atom stereocenters. The first-order chi connectivity index (χ1) is 9.97. The Bertz CT molecular complexity index is 601. The van der Waals surface area contributed by atoms with Crippen LogP contribution in [0.2, 0.25) is 0 Å². The summed E-state index contributed by atoms with van der Waals surface area (Å²) in [5, 5.41) is 12.1. The molecule has 4 nitrogen and oxygen atoms in total. The average molecular weight is 376 g/mol. The fourth-order valence-corrected chi connectivity index (χ4v) is 4.96. The maximum atomic E-state index is 12.2. The molecular weight excluding hydrogens is 354 g/mol. The molecule has 0 fully saturated rings. The van der Waals surface area contributed by atoms with Crippen LogP contribution in [0.5, 0.6) is 0 Å². The molecule has 1 heterocycles. The van der Waals surface area contributed by atoms with Crippen LogP contribution in [0.15, 0.2) is 21.5 Å². The molecule has 0 amide bonds. The van der Waals surface area contributed by atoms with Crippen molar-refractivity contribution >= 4 is 25.8 Å². The maximum Gasteiger partial charge on any atom is 0.180 e. The van der Waals surface area contributed by atoms with Gasteiger partial charge in [-0.3, -0.25) is 0 Å². The number of aliphatic hydroxyl groups excluding tert-OH is 1. The zero-order chi connectivity index (χ0) is 15.5. The molecule has 1 aromatic carbocycles. The monoisotopic (exact) mass is 375 g/mol.